The third-order valence-corrected chi connectivity index (χ3v) is 3.40. The van der Waals surface area contributed by atoms with E-state index in [4.69, 9.17) is 4.74 Å². The maximum absolute atomic E-state index is 11.8. The van der Waals surface area contributed by atoms with E-state index in [9.17, 15) is 9.90 Å². The molecule has 0 saturated heterocycles. The molecule has 4 nitrogen and oxygen atoms in total. The van der Waals surface area contributed by atoms with Gasteiger partial charge in [-0.3, -0.25) is 0 Å². The Hall–Kier alpha value is -1.88. The molecule has 1 aromatic carbocycles. The second-order valence-corrected chi connectivity index (χ2v) is 4.70. The zero-order valence-corrected chi connectivity index (χ0v) is 11.0. The number of allylic oxidation sites excluding steroid dienone is 1. The average Bonchev–Trinajstić information content (AvgIpc) is 2.71. The number of benzene rings is 1. The van der Waals surface area contributed by atoms with Gasteiger partial charge in [0.1, 0.15) is 16.3 Å². The molecule has 0 amide bonds. The summed E-state index contributed by atoms with van der Waals surface area (Å²) in [5.41, 5.74) is 0.943. The molecule has 0 fully saturated rings. The van der Waals surface area contributed by atoms with Crippen LogP contribution in [0.3, 0.4) is 0 Å². The molecule has 0 unspecified atom stereocenters. The van der Waals surface area contributed by atoms with Gasteiger partial charge in [-0.1, -0.05) is 12.1 Å². The number of aromatic nitrogens is 1. The number of rotatable bonds is 3. The van der Waals surface area contributed by atoms with E-state index in [1.807, 2.05) is 24.3 Å². The Morgan fingerprint density at radius 2 is 2.17 bits per heavy atom. The molecule has 0 saturated carbocycles. The molecule has 2 rings (SSSR count). The lowest BCUT2D eigenvalue weighted by molar-refractivity contribution is -0.136. The number of hydrogen-bond acceptors (Lipinski definition) is 5. The lowest BCUT2D eigenvalue weighted by Gasteiger charge is -2.04. The molecule has 18 heavy (non-hydrogen) atoms. The first kappa shape index (κ1) is 12.6. The smallest absolute Gasteiger partial charge is 0.344 e. The summed E-state index contributed by atoms with van der Waals surface area (Å²) in [5.74, 6) is -0.621. The van der Waals surface area contributed by atoms with E-state index in [0.29, 0.717) is 5.01 Å². The number of ether oxygens (including phenoxy) is 1. The van der Waals surface area contributed by atoms with Crippen LogP contribution in [0.2, 0.25) is 0 Å². The quantitative estimate of drug-likeness (QED) is 0.525. The van der Waals surface area contributed by atoms with Gasteiger partial charge in [-0.15, -0.1) is 11.3 Å². The molecule has 2 aromatic rings. The van der Waals surface area contributed by atoms with Crippen molar-refractivity contribution >= 4 is 33.1 Å². The molecular formula is C13H13NO3S. The predicted molar refractivity (Wildman–Crippen MR) is 71.5 cm³/mol. The first-order valence-electron chi connectivity index (χ1n) is 5.56. The van der Waals surface area contributed by atoms with Gasteiger partial charge in [0.15, 0.2) is 0 Å². The molecule has 0 aliphatic carbocycles. The summed E-state index contributed by atoms with van der Waals surface area (Å²) >= 11 is 1.36. The summed E-state index contributed by atoms with van der Waals surface area (Å²) < 4.78 is 5.89. The van der Waals surface area contributed by atoms with Crippen LogP contribution in [0, 0.1) is 0 Å². The molecule has 0 aliphatic heterocycles. The minimum atomic E-state index is -0.545. The lowest BCUT2D eigenvalue weighted by atomic mass is 10.2. The van der Waals surface area contributed by atoms with E-state index >= 15 is 0 Å². The van der Waals surface area contributed by atoms with Crippen LogP contribution >= 0.6 is 11.3 Å². The van der Waals surface area contributed by atoms with E-state index in [1.165, 1.54) is 18.3 Å². The maximum Gasteiger partial charge on any atom is 0.344 e. The number of fused-ring (bicyclic) bond motifs is 1. The van der Waals surface area contributed by atoms with Crippen LogP contribution < -0.4 is 0 Å². The molecule has 1 N–H and O–H groups in total. The van der Waals surface area contributed by atoms with Crippen molar-refractivity contribution in [3.05, 3.63) is 35.0 Å². The Bertz CT molecular complexity index is 578. The third-order valence-electron chi connectivity index (χ3n) is 2.35. The van der Waals surface area contributed by atoms with Crippen molar-refractivity contribution < 1.29 is 14.6 Å². The highest BCUT2D eigenvalue weighted by Crippen LogP contribution is 2.29. The van der Waals surface area contributed by atoms with E-state index in [0.717, 1.165) is 10.2 Å². The SMILES string of the molecule is CCOC(=O)/C(=C(\C)O)c1nc2ccccc2s1. The number of carbonyl (C=O) groups excluding carboxylic acids is 1. The van der Waals surface area contributed by atoms with Crippen LogP contribution in [0.4, 0.5) is 0 Å². The van der Waals surface area contributed by atoms with Gasteiger partial charge < -0.3 is 9.84 Å². The zero-order valence-electron chi connectivity index (χ0n) is 10.1. The zero-order chi connectivity index (χ0) is 13.1. The normalized spacial score (nSPS) is 12.3. The van der Waals surface area contributed by atoms with Gasteiger partial charge in [0.25, 0.3) is 0 Å². The van der Waals surface area contributed by atoms with E-state index in [1.54, 1.807) is 6.92 Å². The molecule has 0 aliphatic rings. The topological polar surface area (TPSA) is 59.4 Å². The minimum Gasteiger partial charge on any atom is -0.512 e. The molecule has 0 spiro atoms. The summed E-state index contributed by atoms with van der Waals surface area (Å²) in [6.07, 6.45) is 0. The van der Waals surface area contributed by atoms with Crippen LogP contribution in [-0.4, -0.2) is 22.7 Å². The van der Waals surface area contributed by atoms with Crippen molar-refractivity contribution in [1.82, 2.24) is 4.98 Å². The number of aliphatic hydroxyl groups is 1. The number of carbonyl (C=O) groups is 1. The second-order valence-electron chi connectivity index (χ2n) is 3.67. The van der Waals surface area contributed by atoms with Gasteiger partial charge in [-0.25, -0.2) is 9.78 Å². The van der Waals surface area contributed by atoms with Crippen LogP contribution in [0.15, 0.2) is 30.0 Å². The largest absolute Gasteiger partial charge is 0.512 e. The molecule has 5 heteroatoms. The van der Waals surface area contributed by atoms with E-state index in [2.05, 4.69) is 4.98 Å². The van der Waals surface area contributed by atoms with Gasteiger partial charge in [0.2, 0.25) is 0 Å². The molecule has 0 atom stereocenters. The highest BCUT2D eigenvalue weighted by Gasteiger charge is 2.20. The summed E-state index contributed by atoms with van der Waals surface area (Å²) in [6.45, 7) is 3.44. The average molecular weight is 263 g/mol. The fourth-order valence-electron chi connectivity index (χ4n) is 1.57. The molecule has 94 valence electrons. The number of esters is 1. The van der Waals surface area contributed by atoms with Crippen molar-refractivity contribution in [2.24, 2.45) is 0 Å². The van der Waals surface area contributed by atoms with Crippen molar-refractivity contribution in [1.29, 1.82) is 0 Å². The van der Waals surface area contributed by atoms with Crippen LogP contribution in [-0.2, 0) is 9.53 Å². The fraction of sp³-hybridized carbons (Fsp3) is 0.231. The molecule has 1 heterocycles. The predicted octanol–water partition coefficient (Wildman–Crippen LogP) is 3.15. The third kappa shape index (κ3) is 2.36. The van der Waals surface area contributed by atoms with Gasteiger partial charge >= 0.3 is 5.97 Å². The number of hydrogen-bond donors (Lipinski definition) is 1. The summed E-state index contributed by atoms with van der Waals surface area (Å²) in [4.78, 5) is 16.1. The molecule has 1 aromatic heterocycles. The van der Waals surface area contributed by atoms with Crippen LogP contribution in [0.5, 0.6) is 0 Å². The molecule has 0 bridgehead atoms. The highest BCUT2D eigenvalue weighted by molar-refractivity contribution is 7.19. The Morgan fingerprint density at radius 1 is 1.44 bits per heavy atom. The van der Waals surface area contributed by atoms with Crippen molar-refractivity contribution in [3.63, 3.8) is 0 Å². The lowest BCUT2D eigenvalue weighted by Crippen LogP contribution is -2.08. The fourth-order valence-corrected chi connectivity index (χ4v) is 2.62. The second kappa shape index (κ2) is 5.18. The summed E-state index contributed by atoms with van der Waals surface area (Å²) in [7, 11) is 0. The van der Waals surface area contributed by atoms with Gasteiger partial charge in [-0.2, -0.15) is 0 Å². The van der Waals surface area contributed by atoms with E-state index in [-0.39, 0.29) is 17.9 Å². The maximum atomic E-state index is 11.8. The molecule has 0 radical (unpaired) electrons. The standard InChI is InChI=1S/C13H13NO3S/c1-3-17-13(16)11(8(2)15)12-14-9-6-4-5-7-10(9)18-12/h4-7,15H,3H2,1-2H3/b11-8+. The van der Waals surface area contributed by atoms with Gasteiger partial charge in [-0.05, 0) is 26.0 Å². The molecular weight excluding hydrogens is 250 g/mol. The number of para-hydroxylation sites is 1. The Kier molecular flexibility index (Phi) is 3.62. The summed E-state index contributed by atoms with van der Waals surface area (Å²) in [6, 6.07) is 7.58. The Balaban J connectivity index is 2.50. The van der Waals surface area contributed by atoms with Crippen LogP contribution in [0.1, 0.15) is 18.9 Å². The monoisotopic (exact) mass is 263 g/mol. The Morgan fingerprint density at radius 3 is 2.78 bits per heavy atom. The summed E-state index contributed by atoms with van der Waals surface area (Å²) in [5, 5.41) is 10.1. The van der Waals surface area contributed by atoms with Gasteiger partial charge in [0, 0.05) is 0 Å². The van der Waals surface area contributed by atoms with Crippen molar-refractivity contribution in [2.45, 2.75) is 13.8 Å². The van der Waals surface area contributed by atoms with Crippen LogP contribution in [0.25, 0.3) is 15.8 Å². The number of thiazole rings is 1. The van der Waals surface area contributed by atoms with Crippen molar-refractivity contribution in [3.8, 4) is 0 Å². The van der Waals surface area contributed by atoms with E-state index < -0.39 is 5.97 Å². The highest BCUT2D eigenvalue weighted by atomic mass is 32.1. The van der Waals surface area contributed by atoms with Gasteiger partial charge in [0.05, 0.1) is 16.8 Å². The minimum absolute atomic E-state index is 0.0764. The first-order valence-corrected chi connectivity index (χ1v) is 6.38. The number of nitrogens with zero attached hydrogens (tertiary/aromatic N) is 1. The number of aliphatic hydroxyl groups excluding tert-OH is 1. The Labute approximate surface area is 109 Å². The van der Waals surface area contributed by atoms with Crippen molar-refractivity contribution in [2.75, 3.05) is 6.61 Å². The first-order chi connectivity index (χ1) is 8.63.